The Kier molecular flexibility index (Phi) is 4.15. The summed E-state index contributed by atoms with van der Waals surface area (Å²) in [5.74, 6) is 1.77. The first kappa shape index (κ1) is 16.2. The smallest absolute Gasteiger partial charge is 0.266 e. The lowest BCUT2D eigenvalue weighted by atomic mass is 10.1. The van der Waals surface area contributed by atoms with Crippen molar-refractivity contribution < 1.29 is 0 Å². The topological polar surface area (TPSA) is 56.0 Å². The maximum atomic E-state index is 12.3. The van der Waals surface area contributed by atoms with E-state index in [0.29, 0.717) is 18.5 Å². The first-order valence-corrected chi connectivity index (χ1v) is 10.1. The van der Waals surface area contributed by atoms with Crippen molar-refractivity contribution in [3.63, 3.8) is 0 Å². The van der Waals surface area contributed by atoms with Crippen molar-refractivity contribution in [2.45, 2.75) is 76.5 Å². The summed E-state index contributed by atoms with van der Waals surface area (Å²) in [5.41, 5.74) is 2.51. The fourth-order valence-corrected chi connectivity index (χ4v) is 4.51. The SMILES string of the molecule is O=c1ccc(C2CC2)nn1CC1CCCN1Cc1ncc2n1CCCC2. The van der Waals surface area contributed by atoms with Gasteiger partial charge >= 0.3 is 0 Å². The molecule has 0 aromatic carbocycles. The van der Waals surface area contributed by atoms with Gasteiger partial charge in [-0.1, -0.05) is 0 Å². The van der Waals surface area contributed by atoms with Gasteiger partial charge in [0.25, 0.3) is 5.56 Å². The molecule has 3 aliphatic rings. The van der Waals surface area contributed by atoms with E-state index < -0.39 is 0 Å². The second-order valence-electron chi connectivity index (χ2n) is 8.09. The summed E-state index contributed by atoms with van der Waals surface area (Å²) in [5, 5.41) is 4.66. The fraction of sp³-hybridized carbons (Fsp3) is 0.650. The molecule has 1 atom stereocenters. The maximum Gasteiger partial charge on any atom is 0.266 e. The normalized spacial score (nSPS) is 23.3. The van der Waals surface area contributed by atoms with Crippen LogP contribution in [0.4, 0.5) is 0 Å². The highest BCUT2D eigenvalue weighted by atomic mass is 16.1. The van der Waals surface area contributed by atoms with Crippen molar-refractivity contribution in [2.75, 3.05) is 6.54 Å². The molecule has 2 aromatic rings. The van der Waals surface area contributed by atoms with Gasteiger partial charge in [0.15, 0.2) is 0 Å². The maximum absolute atomic E-state index is 12.3. The van der Waals surface area contributed by atoms with Crippen LogP contribution in [0.2, 0.25) is 0 Å². The van der Waals surface area contributed by atoms with Crippen LogP contribution in [0.25, 0.3) is 0 Å². The Morgan fingerprint density at radius 2 is 2.00 bits per heavy atom. The van der Waals surface area contributed by atoms with Gasteiger partial charge in [-0.2, -0.15) is 5.10 Å². The lowest BCUT2D eigenvalue weighted by Gasteiger charge is -2.25. The van der Waals surface area contributed by atoms with Crippen molar-refractivity contribution in [3.05, 3.63) is 45.9 Å². The van der Waals surface area contributed by atoms with Gasteiger partial charge in [0, 0.05) is 36.5 Å². The Balaban J connectivity index is 1.32. The van der Waals surface area contributed by atoms with E-state index in [1.165, 1.54) is 43.6 Å². The molecular weight excluding hydrogens is 326 g/mol. The standard InChI is InChI=1S/C20H27N5O/c26-20-9-8-18(15-6-7-15)22-25(20)13-17-5-3-10-23(17)14-19-21-12-16-4-1-2-11-24(16)19/h8-9,12,15,17H,1-7,10-11,13-14H2. The molecule has 1 aliphatic carbocycles. The molecule has 0 bridgehead atoms. The molecule has 1 unspecified atom stereocenters. The van der Waals surface area contributed by atoms with Crippen LogP contribution in [-0.2, 0) is 26.1 Å². The monoisotopic (exact) mass is 353 g/mol. The Bertz CT molecular complexity index is 850. The minimum absolute atomic E-state index is 0.0273. The second-order valence-corrected chi connectivity index (χ2v) is 8.09. The van der Waals surface area contributed by atoms with E-state index in [4.69, 9.17) is 4.98 Å². The van der Waals surface area contributed by atoms with Crippen LogP contribution < -0.4 is 5.56 Å². The van der Waals surface area contributed by atoms with Gasteiger partial charge in [-0.15, -0.1) is 0 Å². The number of imidazole rings is 1. The average Bonchev–Trinajstić information content (AvgIpc) is 3.30. The first-order chi connectivity index (χ1) is 12.8. The number of aryl methyl sites for hydroxylation is 1. The van der Waals surface area contributed by atoms with Crippen LogP contribution in [0, 0.1) is 0 Å². The summed E-state index contributed by atoms with van der Waals surface area (Å²) in [6, 6.07) is 4.00. The third kappa shape index (κ3) is 3.11. The summed E-state index contributed by atoms with van der Waals surface area (Å²) >= 11 is 0. The number of fused-ring (bicyclic) bond motifs is 1. The molecule has 0 spiro atoms. The van der Waals surface area contributed by atoms with E-state index in [9.17, 15) is 4.79 Å². The predicted octanol–water partition coefficient (Wildman–Crippen LogP) is 2.32. The van der Waals surface area contributed by atoms with E-state index in [1.807, 2.05) is 6.07 Å². The highest BCUT2D eigenvalue weighted by molar-refractivity contribution is 5.13. The molecule has 1 saturated carbocycles. The largest absolute Gasteiger partial charge is 0.331 e. The van der Waals surface area contributed by atoms with E-state index >= 15 is 0 Å². The summed E-state index contributed by atoms with van der Waals surface area (Å²) in [7, 11) is 0. The van der Waals surface area contributed by atoms with E-state index in [1.54, 1.807) is 10.7 Å². The number of hydrogen-bond acceptors (Lipinski definition) is 4. The third-order valence-electron chi connectivity index (χ3n) is 6.20. The van der Waals surface area contributed by atoms with Gasteiger partial charge in [0.1, 0.15) is 5.82 Å². The molecule has 2 aromatic heterocycles. The molecule has 0 N–H and O–H groups in total. The van der Waals surface area contributed by atoms with Gasteiger partial charge in [0.2, 0.25) is 0 Å². The number of hydrogen-bond donors (Lipinski definition) is 0. The van der Waals surface area contributed by atoms with Crippen LogP contribution >= 0.6 is 0 Å². The predicted molar refractivity (Wildman–Crippen MR) is 99.1 cm³/mol. The number of nitrogens with zero attached hydrogens (tertiary/aromatic N) is 5. The zero-order valence-corrected chi connectivity index (χ0v) is 15.3. The second kappa shape index (κ2) is 6.65. The molecule has 2 aliphatic heterocycles. The number of rotatable bonds is 5. The highest BCUT2D eigenvalue weighted by Crippen LogP contribution is 2.38. The summed E-state index contributed by atoms with van der Waals surface area (Å²) in [6.45, 7) is 3.78. The molecule has 1 saturated heterocycles. The van der Waals surface area contributed by atoms with Gasteiger partial charge in [0.05, 0.1) is 18.8 Å². The third-order valence-corrected chi connectivity index (χ3v) is 6.20. The van der Waals surface area contributed by atoms with Crippen molar-refractivity contribution in [1.82, 2.24) is 24.2 Å². The highest BCUT2D eigenvalue weighted by Gasteiger charge is 2.29. The summed E-state index contributed by atoms with van der Waals surface area (Å²) < 4.78 is 4.12. The summed E-state index contributed by atoms with van der Waals surface area (Å²) in [4.78, 5) is 19.5. The van der Waals surface area contributed by atoms with Gasteiger partial charge in [-0.05, 0) is 57.6 Å². The Hall–Kier alpha value is -1.95. The van der Waals surface area contributed by atoms with Crippen molar-refractivity contribution >= 4 is 0 Å². The van der Waals surface area contributed by atoms with Crippen LogP contribution in [0.3, 0.4) is 0 Å². The molecule has 6 nitrogen and oxygen atoms in total. The van der Waals surface area contributed by atoms with Gasteiger partial charge < -0.3 is 4.57 Å². The molecule has 2 fully saturated rings. The van der Waals surface area contributed by atoms with E-state index in [2.05, 4.69) is 20.8 Å². The first-order valence-electron chi connectivity index (χ1n) is 10.1. The molecular formula is C20H27N5O. The zero-order chi connectivity index (χ0) is 17.5. The van der Waals surface area contributed by atoms with Crippen molar-refractivity contribution in [3.8, 4) is 0 Å². The molecule has 138 valence electrons. The average molecular weight is 353 g/mol. The zero-order valence-electron chi connectivity index (χ0n) is 15.3. The summed E-state index contributed by atoms with van der Waals surface area (Å²) in [6.07, 6.45) is 10.5. The van der Waals surface area contributed by atoms with Gasteiger partial charge in [-0.25, -0.2) is 9.67 Å². The van der Waals surface area contributed by atoms with Crippen LogP contribution in [-0.4, -0.2) is 36.8 Å². The number of aromatic nitrogens is 4. The Labute approximate surface area is 153 Å². The number of likely N-dealkylation sites (tertiary alicyclic amines) is 1. The van der Waals surface area contributed by atoms with Crippen molar-refractivity contribution in [2.24, 2.45) is 0 Å². The quantitative estimate of drug-likeness (QED) is 0.828. The Morgan fingerprint density at radius 1 is 1.08 bits per heavy atom. The molecule has 6 heteroatoms. The van der Waals surface area contributed by atoms with Crippen molar-refractivity contribution in [1.29, 1.82) is 0 Å². The van der Waals surface area contributed by atoms with Crippen LogP contribution in [0.5, 0.6) is 0 Å². The van der Waals surface area contributed by atoms with E-state index in [0.717, 1.165) is 38.2 Å². The molecule has 5 rings (SSSR count). The fourth-order valence-electron chi connectivity index (χ4n) is 4.51. The Morgan fingerprint density at radius 3 is 2.88 bits per heavy atom. The van der Waals surface area contributed by atoms with E-state index in [-0.39, 0.29) is 5.56 Å². The molecule has 26 heavy (non-hydrogen) atoms. The van der Waals surface area contributed by atoms with Gasteiger partial charge in [-0.3, -0.25) is 9.69 Å². The molecule has 4 heterocycles. The minimum Gasteiger partial charge on any atom is -0.331 e. The van der Waals surface area contributed by atoms with Crippen LogP contribution in [0.1, 0.15) is 61.7 Å². The minimum atomic E-state index is 0.0273. The lowest BCUT2D eigenvalue weighted by Crippen LogP contribution is -2.37. The molecule has 0 amide bonds. The molecule has 0 radical (unpaired) electrons. The lowest BCUT2D eigenvalue weighted by molar-refractivity contribution is 0.208. The van der Waals surface area contributed by atoms with Crippen LogP contribution in [0.15, 0.2) is 23.1 Å².